The van der Waals surface area contributed by atoms with Crippen LogP contribution in [0.4, 0.5) is 11.5 Å². The maximum atomic E-state index is 12.2. The summed E-state index contributed by atoms with van der Waals surface area (Å²) in [5.41, 5.74) is 3.42. The van der Waals surface area contributed by atoms with E-state index in [0.717, 1.165) is 22.5 Å². The Morgan fingerprint density at radius 2 is 2.15 bits per heavy atom. The monoisotopic (exact) mass is 362 g/mol. The van der Waals surface area contributed by atoms with Crippen LogP contribution in [0.25, 0.3) is 11.8 Å². The third-order valence-corrected chi connectivity index (χ3v) is 4.16. The number of rotatable bonds is 6. The number of nitrogens with zero attached hydrogens (tertiary/aromatic N) is 5. The lowest BCUT2D eigenvalue weighted by atomic mass is 10.0. The van der Waals surface area contributed by atoms with Crippen LogP contribution in [0, 0.1) is 0 Å². The van der Waals surface area contributed by atoms with E-state index in [1.54, 1.807) is 34.0 Å². The molecule has 2 aromatic heterocycles. The molecule has 1 aromatic carbocycles. The van der Waals surface area contributed by atoms with Crippen molar-refractivity contribution in [3.63, 3.8) is 0 Å². The first-order chi connectivity index (χ1) is 13.0. The van der Waals surface area contributed by atoms with E-state index in [9.17, 15) is 4.79 Å². The van der Waals surface area contributed by atoms with Crippen molar-refractivity contribution < 1.29 is 0 Å². The Morgan fingerprint density at radius 1 is 1.33 bits per heavy atom. The predicted molar refractivity (Wildman–Crippen MR) is 109 cm³/mol. The minimum atomic E-state index is -0.168. The van der Waals surface area contributed by atoms with Crippen LogP contribution in [0.3, 0.4) is 0 Å². The highest BCUT2D eigenvalue weighted by Gasteiger charge is 2.12. The summed E-state index contributed by atoms with van der Waals surface area (Å²) in [4.78, 5) is 16.6. The van der Waals surface area contributed by atoms with E-state index in [1.165, 1.54) is 6.07 Å². The van der Waals surface area contributed by atoms with Gasteiger partial charge in [-0.15, -0.1) is 5.10 Å². The summed E-state index contributed by atoms with van der Waals surface area (Å²) in [5.74, 6) is 0.282. The van der Waals surface area contributed by atoms with Crippen LogP contribution < -0.4 is 10.7 Å². The van der Waals surface area contributed by atoms with E-state index in [2.05, 4.69) is 27.1 Å². The molecule has 7 nitrogen and oxygen atoms in total. The van der Waals surface area contributed by atoms with Crippen LogP contribution in [-0.4, -0.2) is 25.8 Å². The Kier molecular flexibility index (Phi) is 5.30. The molecule has 3 aromatic rings. The predicted octanol–water partition coefficient (Wildman–Crippen LogP) is 3.50. The zero-order chi connectivity index (χ0) is 19.4. The summed E-state index contributed by atoms with van der Waals surface area (Å²) in [6.45, 7) is 7.71. The van der Waals surface area contributed by atoms with Crippen molar-refractivity contribution in [2.24, 2.45) is 12.0 Å². The van der Waals surface area contributed by atoms with E-state index in [4.69, 9.17) is 0 Å². The molecule has 0 amide bonds. The molecule has 0 spiro atoms. The van der Waals surface area contributed by atoms with Crippen molar-refractivity contribution in [2.45, 2.75) is 19.9 Å². The van der Waals surface area contributed by atoms with E-state index in [-0.39, 0.29) is 17.3 Å². The van der Waals surface area contributed by atoms with Crippen molar-refractivity contribution >= 4 is 23.8 Å². The molecule has 0 aliphatic heterocycles. The molecule has 0 aliphatic rings. The maximum Gasteiger partial charge on any atom is 0.224 e. The molecule has 0 fully saturated rings. The first-order valence-corrected chi connectivity index (χ1v) is 8.62. The molecular formula is C20H22N6O. The number of nitrogens with one attached hydrogen (secondary N) is 1. The Balaban J connectivity index is 1.88. The largest absolute Gasteiger partial charge is 0.359 e. The van der Waals surface area contributed by atoms with Crippen molar-refractivity contribution in [2.75, 3.05) is 5.32 Å². The van der Waals surface area contributed by atoms with Gasteiger partial charge in [0, 0.05) is 25.5 Å². The highest BCUT2D eigenvalue weighted by atomic mass is 16.1. The van der Waals surface area contributed by atoms with E-state index < -0.39 is 0 Å². The first-order valence-electron chi connectivity index (χ1n) is 8.62. The second-order valence-corrected chi connectivity index (χ2v) is 6.12. The Labute approximate surface area is 157 Å². The summed E-state index contributed by atoms with van der Waals surface area (Å²) in [5, 5.41) is 11.7. The van der Waals surface area contributed by atoms with Crippen LogP contribution in [-0.2, 0) is 7.05 Å². The number of hydrogen-bond donors (Lipinski definition) is 1. The fraction of sp³-hybridized carbons (Fsp3) is 0.200. The van der Waals surface area contributed by atoms with Crippen LogP contribution in [0.15, 0.2) is 59.2 Å². The second-order valence-electron chi connectivity index (χ2n) is 6.12. The normalized spacial score (nSPS) is 12.3. The quantitative estimate of drug-likeness (QED) is 0.681. The van der Waals surface area contributed by atoms with Gasteiger partial charge in [0.15, 0.2) is 5.82 Å². The van der Waals surface area contributed by atoms with Crippen molar-refractivity contribution in [1.29, 1.82) is 0 Å². The average Bonchev–Trinajstić information content (AvgIpc) is 3.10. The molecule has 1 unspecified atom stereocenters. The third-order valence-electron chi connectivity index (χ3n) is 4.16. The van der Waals surface area contributed by atoms with Gasteiger partial charge in [-0.3, -0.25) is 14.5 Å². The lowest BCUT2D eigenvalue weighted by Crippen LogP contribution is -2.19. The van der Waals surface area contributed by atoms with Gasteiger partial charge in [0.1, 0.15) is 5.69 Å². The molecule has 0 bridgehead atoms. The van der Waals surface area contributed by atoms with E-state index in [0.29, 0.717) is 0 Å². The smallest absolute Gasteiger partial charge is 0.224 e. The summed E-state index contributed by atoms with van der Waals surface area (Å²) in [6.07, 6.45) is 8.66. The Morgan fingerprint density at radius 3 is 2.81 bits per heavy atom. The van der Waals surface area contributed by atoms with Gasteiger partial charge in [-0.05, 0) is 37.1 Å². The summed E-state index contributed by atoms with van der Waals surface area (Å²) >= 11 is 0. The fourth-order valence-corrected chi connectivity index (χ4v) is 2.73. The molecule has 0 saturated carbocycles. The van der Waals surface area contributed by atoms with Gasteiger partial charge in [0.05, 0.1) is 24.1 Å². The Hall–Kier alpha value is -3.48. The molecule has 0 aliphatic carbocycles. The summed E-state index contributed by atoms with van der Waals surface area (Å²) in [7, 11) is 1.83. The number of benzene rings is 1. The van der Waals surface area contributed by atoms with Crippen molar-refractivity contribution in [1.82, 2.24) is 19.6 Å². The number of aliphatic imine (C=N–C) groups is 1. The third kappa shape index (κ3) is 4.03. The highest BCUT2D eigenvalue weighted by molar-refractivity contribution is 5.69. The highest BCUT2D eigenvalue weighted by Crippen LogP contribution is 2.25. The van der Waals surface area contributed by atoms with Gasteiger partial charge < -0.3 is 5.32 Å². The molecule has 138 valence electrons. The maximum absolute atomic E-state index is 12.2. The van der Waals surface area contributed by atoms with Crippen LogP contribution in [0.2, 0.25) is 0 Å². The Bertz CT molecular complexity index is 1050. The standard InChI is InChI=1S/C20H22N6O/c1-5-15-11-16(7-8-18(15)21-6-2)14(3)23-20-19(27)9-10-26(24-20)17-12-22-25(4)13-17/h5-14H,1H2,2-4H3,(H,23,24). The van der Waals surface area contributed by atoms with Gasteiger partial charge in [-0.1, -0.05) is 18.7 Å². The molecule has 2 heterocycles. The molecular weight excluding hydrogens is 340 g/mol. The SMILES string of the molecule is C=Cc1cc(C(C)Nc2nn(-c3cnn(C)c3)ccc2=O)ccc1N=CC. The lowest BCUT2D eigenvalue weighted by molar-refractivity contribution is 0.764. The molecule has 1 atom stereocenters. The fourth-order valence-electron chi connectivity index (χ4n) is 2.73. The van der Waals surface area contributed by atoms with Crippen LogP contribution in [0.1, 0.15) is 31.0 Å². The molecule has 0 radical (unpaired) electrons. The van der Waals surface area contributed by atoms with Crippen LogP contribution >= 0.6 is 0 Å². The number of anilines is 1. The van der Waals surface area contributed by atoms with Gasteiger partial charge >= 0.3 is 0 Å². The molecule has 0 saturated heterocycles. The zero-order valence-corrected chi connectivity index (χ0v) is 15.6. The number of aromatic nitrogens is 4. The topological polar surface area (TPSA) is 77.1 Å². The summed E-state index contributed by atoms with van der Waals surface area (Å²) in [6, 6.07) is 7.30. The minimum Gasteiger partial charge on any atom is -0.359 e. The van der Waals surface area contributed by atoms with Gasteiger partial charge in [-0.2, -0.15) is 5.10 Å². The number of aryl methyl sites for hydroxylation is 1. The second kappa shape index (κ2) is 7.82. The first kappa shape index (κ1) is 18.3. The summed E-state index contributed by atoms with van der Waals surface area (Å²) < 4.78 is 3.31. The van der Waals surface area contributed by atoms with Gasteiger partial charge in [0.25, 0.3) is 0 Å². The number of hydrogen-bond acceptors (Lipinski definition) is 5. The molecule has 27 heavy (non-hydrogen) atoms. The van der Waals surface area contributed by atoms with Gasteiger partial charge in [0.2, 0.25) is 5.43 Å². The van der Waals surface area contributed by atoms with E-state index in [1.807, 2.05) is 45.3 Å². The zero-order valence-electron chi connectivity index (χ0n) is 15.6. The molecule has 7 heteroatoms. The molecule has 1 N–H and O–H groups in total. The van der Waals surface area contributed by atoms with Crippen LogP contribution in [0.5, 0.6) is 0 Å². The average molecular weight is 362 g/mol. The van der Waals surface area contributed by atoms with Crippen molar-refractivity contribution in [3.8, 4) is 5.69 Å². The molecule has 3 rings (SSSR count). The van der Waals surface area contributed by atoms with Crippen molar-refractivity contribution in [3.05, 3.63) is 70.8 Å². The van der Waals surface area contributed by atoms with E-state index >= 15 is 0 Å². The van der Waals surface area contributed by atoms with Gasteiger partial charge in [-0.25, -0.2) is 4.68 Å². The lowest BCUT2D eigenvalue weighted by Gasteiger charge is -2.16. The minimum absolute atomic E-state index is 0.117.